The summed E-state index contributed by atoms with van der Waals surface area (Å²) in [4.78, 5) is 15.2. The number of amides is 1. The van der Waals surface area contributed by atoms with Crippen LogP contribution in [0, 0.1) is 0 Å². The second kappa shape index (κ2) is 6.51. The summed E-state index contributed by atoms with van der Waals surface area (Å²) in [6.07, 6.45) is 0.342. The molecule has 0 unspecified atom stereocenters. The summed E-state index contributed by atoms with van der Waals surface area (Å²) in [7, 11) is 0. The molecule has 4 N–H and O–H groups in total. The van der Waals surface area contributed by atoms with Gasteiger partial charge in [0.05, 0.1) is 10.0 Å². The van der Waals surface area contributed by atoms with E-state index in [0.29, 0.717) is 35.4 Å². The number of anilines is 2. The third-order valence-electron chi connectivity index (χ3n) is 1.98. The molecule has 17 heavy (non-hydrogen) atoms. The molecule has 0 aliphatic carbocycles. The molecule has 0 bridgehead atoms. The van der Waals surface area contributed by atoms with Crippen molar-refractivity contribution < 1.29 is 4.79 Å². The molecule has 0 aromatic carbocycles. The minimum atomic E-state index is -0.0296. The van der Waals surface area contributed by atoms with Crippen LogP contribution in [0.2, 0.25) is 10.0 Å². The first kappa shape index (κ1) is 13.9. The maximum absolute atomic E-state index is 11.2. The van der Waals surface area contributed by atoms with E-state index in [1.165, 1.54) is 6.07 Å². The van der Waals surface area contributed by atoms with Crippen LogP contribution < -0.4 is 16.4 Å². The van der Waals surface area contributed by atoms with Crippen molar-refractivity contribution >= 4 is 40.7 Å². The average molecular weight is 277 g/mol. The maximum Gasteiger partial charge on any atom is 0.221 e. The number of nitrogens with zero attached hydrogens (tertiary/aromatic N) is 1. The van der Waals surface area contributed by atoms with E-state index in [1.54, 1.807) is 0 Å². The van der Waals surface area contributed by atoms with Gasteiger partial charge in [-0.1, -0.05) is 23.2 Å². The van der Waals surface area contributed by atoms with Crippen molar-refractivity contribution in [2.45, 2.75) is 13.3 Å². The molecule has 0 saturated carbocycles. The van der Waals surface area contributed by atoms with Crippen molar-refractivity contribution in [3.63, 3.8) is 0 Å². The van der Waals surface area contributed by atoms with Gasteiger partial charge in [-0.25, -0.2) is 4.98 Å². The lowest BCUT2D eigenvalue weighted by molar-refractivity contribution is -0.120. The normalized spacial score (nSPS) is 10.1. The predicted octanol–water partition coefficient (Wildman–Crippen LogP) is 1.91. The van der Waals surface area contributed by atoms with Gasteiger partial charge in [-0.3, -0.25) is 4.79 Å². The molecule has 1 heterocycles. The minimum absolute atomic E-state index is 0.0296. The Balaban J connectivity index is 2.52. The number of nitrogen functional groups attached to an aromatic ring is 1. The lowest BCUT2D eigenvalue weighted by atomic mass is 10.3. The fourth-order valence-electron chi connectivity index (χ4n) is 1.18. The van der Waals surface area contributed by atoms with Gasteiger partial charge in [0.1, 0.15) is 11.6 Å². The standard InChI is InChI=1S/C10H14Cl2N4O/c1-2-14-8(17)3-4-15-10-7(12)5-6(11)9(13)16-10/h5H,2-4H2,1H3,(H,14,17)(H3,13,15,16). The molecule has 0 aliphatic rings. The Bertz CT molecular complexity index is 412. The van der Waals surface area contributed by atoms with Gasteiger partial charge in [-0.15, -0.1) is 0 Å². The quantitative estimate of drug-likeness (QED) is 0.768. The molecule has 0 atom stereocenters. The second-order valence-electron chi connectivity index (χ2n) is 3.32. The van der Waals surface area contributed by atoms with Crippen molar-refractivity contribution in [3.05, 3.63) is 16.1 Å². The fourth-order valence-corrected chi connectivity index (χ4v) is 1.61. The van der Waals surface area contributed by atoms with Crippen molar-refractivity contribution in [1.29, 1.82) is 0 Å². The first-order valence-electron chi connectivity index (χ1n) is 5.16. The highest BCUT2D eigenvalue weighted by atomic mass is 35.5. The number of nitrogens with one attached hydrogen (secondary N) is 2. The summed E-state index contributed by atoms with van der Waals surface area (Å²) in [5.41, 5.74) is 5.55. The molecule has 94 valence electrons. The zero-order valence-corrected chi connectivity index (χ0v) is 10.9. The number of carbonyl (C=O) groups is 1. The molecule has 1 aromatic rings. The smallest absolute Gasteiger partial charge is 0.221 e. The number of pyridine rings is 1. The molecule has 1 aromatic heterocycles. The van der Waals surface area contributed by atoms with E-state index in [4.69, 9.17) is 28.9 Å². The first-order chi connectivity index (χ1) is 8.04. The number of aromatic nitrogens is 1. The van der Waals surface area contributed by atoms with Crippen LogP contribution in [0.5, 0.6) is 0 Å². The van der Waals surface area contributed by atoms with E-state index >= 15 is 0 Å². The van der Waals surface area contributed by atoms with Crippen LogP contribution in [0.25, 0.3) is 0 Å². The summed E-state index contributed by atoms with van der Waals surface area (Å²) in [6.45, 7) is 2.91. The summed E-state index contributed by atoms with van der Waals surface area (Å²) >= 11 is 11.7. The summed E-state index contributed by atoms with van der Waals surface area (Å²) in [5.74, 6) is 0.604. The molecule has 1 rings (SSSR count). The maximum atomic E-state index is 11.2. The number of hydrogen-bond donors (Lipinski definition) is 3. The second-order valence-corrected chi connectivity index (χ2v) is 4.13. The van der Waals surface area contributed by atoms with Gasteiger partial charge in [-0.05, 0) is 13.0 Å². The van der Waals surface area contributed by atoms with E-state index in [9.17, 15) is 4.79 Å². The molecule has 0 spiro atoms. The highest BCUT2D eigenvalue weighted by molar-refractivity contribution is 6.37. The zero-order chi connectivity index (χ0) is 12.8. The Morgan fingerprint density at radius 3 is 2.82 bits per heavy atom. The minimum Gasteiger partial charge on any atom is -0.382 e. The molecule has 5 nitrogen and oxygen atoms in total. The number of carbonyl (C=O) groups excluding carboxylic acids is 1. The molecule has 0 saturated heterocycles. The van der Waals surface area contributed by atoms with E-state index in [-0.39, 0.29) is 11.7 Å². The molecule has 0 radical (unpaired) electrons. The van der Waals surface area contributed by atoms with E-state index < -0.39 is 0 Å². The van der Waals surface area contributed by atoms with Crippen LogP contribution in [-0.2, 0) is 4.79 Å². The third-order valence-corrected chi connectivity index (χ3v) is 2.57. The summed E-state index contributed by atoms with van der Waals surface area (Å²) < 4.78 is 0. The largest absolute Gasteiger partial charge is 0.382 e. The third kappa shape index (κ3) is 4.28. The molecular formula is C10H14Cl2N4O. The lowest BCUT2D eigenvalue weighted by Crippen LogP contribution is -2.24. The lowest BCUT2D eigenvalue weighted by Gasteiger charge is -2.08. The van der Waals surface area contributed by atoms with E-state index in [2.05, 4.69) is 15.6 Å². The predicted molar refractivity (Wildman–Crippen MR) is 70.5 cm³/mol. The van der Waals surface area contributed by atoms with Crippen LogP contribution in [0.4, 0.5) is 11.6 Å². The van der Waals surface area contributed by atoms with Crippen LogP contribution >= 0.6 is 23.2 Å². The van der Waals surface area contributed by atoms with E-state index in [1.807, 2.05) is 6.92 Å². The summed E-state index contributed by atoms with van der Waals surface area (Å²) in [5, 5.41) is 6.30. The fraction of sp³-hybridized carbons (Fsp3) is 0.400. The Morgan fingerprint density at radius 1 is 1.47 bits per heavy atom. The zero-order valence-electron chi connectivity index (χ0n) is 9.39. The van der Waals surface area contributed by atoms with Crippen LogP contribution in [0.1, 0.15) is 13.3 Å². The van der Waals surface area contributed by atoms with Crippen molar-refractivity contribution in [2.75, 3.05) is 24.1 Å². The average Bonchev–Trinajstić information content (AvgIpc) is 2.26. The Morgan fingerprint density at radius 2 is 2.18 bits per heavy atom. The Kier molecular flexibility index (Phi) is 5.31. The molecule has 0 fully saturated rings. The summed E-state index contributed by atoms with van der Waals surface area (Å²) in [6, 6.07) is 1.51. The number of nitrogens with two attached hydrogens (primary N) is 1. The molecular weight excluding hydrogens is 263 g/mol. The van der Waals surface area contributed by atoms with Gasteiger partial charge in [0.25, 0.3) is 0 Å². The monoisotopic (exact) mass is 276 g/mol. The van der Waals surface area contributed by atoms with Gasteiger partial charge >= 0.3 is 0 Å². The van der Waals surface area contributed by atoms with E-state index in [0.717, 1.165) is 0 Å². The first-order valence-corrected chi connectivity index (χ1v) is 5.92. The highest BCUT2D eigenvalue weighted by Crippen LogP contribution is 2.27. The van der Waals surface area contributed by atoms with Crippen molar-refractivity contribution in [3.8, 4) is 0 Å². The number of rotatable bonds is 5. The van der Waals surface area contributed by atoms with Gasteiger partial charge in [0.15, 0.2) is 0 Å². The molecule has 0 aliphatic heterocycles. The van der Waals surface area contributed by atoms with Gasteiger partial charge in [-0.2, -0.15) is 0 Å². The van der Waals surface area contributed by atoms with Crippen molar-refractivity contribution in [1.82, 2.24) is 10.3 Å². The van der Waals surface area contributed by atoms with Gasteiger partial charge in [0, 0.05) is 19.5 Å². The Hall–Kier alpha value is -1.20. The van der Waals surface area contributed by atoms with Crippen molar-refractivity contribution in [2.24, 2.45) is 0 Å². The van der Waals surface area contributed by atoms with Crippen LogP contribution in [-0.4, -0.2) is 24.0 Å². The van der Waals surface area contributed by atoms with Crippen LogP contribution in [0.3, 0.4) is 0 Å². The van der Waals surface area contributed by atoms with Crippen LogP contribution in [0.15, 0.2) is 6.07 Å². The SMILES string of the molecule is CCNC(=O)CCNc1nc(N)c(Cl)cc1Cl. The van der Waals surface area contributed by atoms with Gasteiger partial charge in [0.2, 0.25) is 5.91 Å². The number of halogens is 2. The topological polar surface area (TPSA) is 80.0 Å². The molecule has 7 heteroatoms. The van der Waals surface area contributed by atoms with Gasteiger partial charge < -0.3 is 16.4 Å². The number of hydrogen-bond acceptors (Lipinski definition) is 4. The molecule has 1 amide bonds. The highest BCUT2D eigenvalue weighted by Gasteiger charge is 2.07. The Labute approximate surface area is 110 Å².